The van der Waals surface area contributed by atoms with Crippen LogP contribution in [-0.4, -0.2) is 18.7 Å². The zero-order valence-corrected chi connectivity index (χ0v) is 15.5. The summed E-state index contributed by atoms with van der Waals surface area (Å²) < 4.78 is 28.3. The normalized spacial score (nSPS) is 10.6. The second-order valence-electron chi connectivity index (χ2n) is 1.99. The second kappa shape index (κ2) is 7.17. The smallest absolute Gasteiger partial charge is 0.264 e. The minimum atomic E-state index is -3.70. The van der Waals surface area contributed by atoms with E-state index in [1.54, 1.807) is 0 Å². The summed E-state index contributed by atoms with van der Waals surface area (Å²) in [6.45, 7) is 1.98. The van der Waals surface area contributed by atoms with Gasteiger partial charge in [0.15, 0.2) is 0 Å². The predicted molar refractivity (Wildman–Crippen MR) is 35.9 cm³/mol. The topological polar surface area (TPSA) is 54.4 Å². The first-order valence-corrected chi connectivity index (χ1v) is 4.62. The average Bonchev–Trinajstić information content (AvgIpc) is 1.63. The van der Waals surface area contributed by atoms with Gasteiger partial charge < -0.3 is 0 Å². The molecule has 0 fully saturated rings. The number of hydrogen-bond acceptors (Lipinski definition) is 2. The quantitative estimate of drug-likeness (QED) is 0.591. The molecule has 0 saturated heterocycles. The van der Waals surface area contributed by atoms with E-state index in [0.29, 0.717) is 6.42 Å². The van der Waals surface area contributed by atoms with E-state index in [1.165, 1.54) is 0 Å². The summed E-state index contributed by atoms with van der Waals surface area (Å²) in [5.74, 6) is -0.0964. The molecule has 0 aliphatic carbocycles. The van der Waals surface area contributed by atoms with Gasteiger partial charge in [-0.15, -0.1) is 0 Å². The van der Waals surface area contributed by atoms with Crippen molar-refractivity contribution >= 4 is 10.1 Å². The van der Waals surface area contributed by atoms with E-state index >= 15 is 0 Å². The number of hydrogen-bond donors (Lipinski definition) is 1. The maximum Gasteiger partial charge on any atom is 0.264 e. The Hall–Kier alpha value is 1.51. The van der Waals surface area contributed by atoms with Gasteiger partial charge in [0.05, 0.1) is 5.75 Å². The first-order valence-electron chi connectivity index (χ1n) is 3.01. The average molecular weight is 375 g/mol. The molecule has 0 atom stereocenters. The minimum absolute atomic E-state index is 0. The Morgan fingerprint density at radius 3 is 2.10 bits per heavy atom. The van der Waals surface area contributed by atoms with Crippen molar-refractivity contribution in [1.82, 2.24) is 0 Å². The molecular formula is C5H12FrO3S. The molecule has 3 nitrogen and oxygen atoms in total. The first-order chi connectivity index (χ1) is 4.06. The maximum absolute atomic E-state index is 10.1. The zero-order chi connectivity index (χ0) is 7.33. The van der Waals surface area contributed by atoms with Crippen LogP contribution in [0.4, 0.5) is 0 Å². The van der Waals surface area contributed by atoms with Crippen LogP contribution in [-0.2, 0) is 10.1 Å². The molecule has 0 rings (SSSR count). The maximum atomic E-state index is 10.1. The van der Waals surface area contributed by atoms with E-state index in [1.807, 2.05) is 6.92 Å². The SMILES string of the molecule is CCCCCS(=O)(=O)O.[Fr]. The Kier molecular flexibility index (Phi) is 10.1. The Balaban J connectivity index is 0. The van der Waals surface area contributed by atoms with Crippen LogP contribution in [0.15, 0.2) is 0 Å². The van der Waals surface area contributed by atoms with Crippen molar-refractivity contribution in [2.75, 3.05) is 5.75 Å². The number of unbranched alkanes of at least 4 members (excludes halogenated alkanes) is 2. The summed E-state index contributed by atoms with van der Waals surface area (Å²) in [5.41, 5.74) is 0. The Morgan fingerprint density at radius 1 is 1.30 bits per heavy atom. The van der Waals surface area contributed by atoms with E-state index in [-0.39, 0.29) is 55.6 Å². The fourth-order valence-electron chi connectivity index (χ4n) is 0.534. The molecule has 57 valence electrons. The molecule has 10 heavy (non-hydrogen) atoms. The summed E-state index contributed by atoms with van der Waals surface area (Å²) in [4.78, 5) is 0. The van der Waals surface area contributed by atoms with Crippen LogP contribution in [0.5, 0.6) is 0 Å². The number of rotatable bonds is 4. The van der Waals surface area contributed by atoms with Crippen molar-refractivity contribution in [1.29, 1.82) is 0 Å². The van der Waals surface area contributed by atoms with Gasteiger partial charge in [-0.25, -0.2) is 0 Å². The van der Waals surface area contributed by atoms with Gasteiger partial charge in [-0.3, -0.25) is 4.55 Å². The largest absolute Gasteiger partial charge is 0.286 e. The predicted octanol–water partition coefficient (Wildman–Crippen LogP) is 1.06. The third-order valence-electron chi connectivity index (χ3n) is 1.01. The fourth-order valence-corrected chi connectivity index (χ4v) is 1.10. The van der Waals surface area contributed by atoms with Crippen LogP contribution >= 0.6 is 0 Å². The van der Waals surface area contributed by atoms with Crippen LogP contribution in [0.1, 0.15) is 26.2 Å². The van der Waals surface area contributed by atoms with E-state index in [4.69, 9.17) is 4.55 Å². The summed E-state index contributed by atoms with van der Waals surface area (Å²) in [5, 5.41) is 0. The monoisotopic (exact) mass is 375 g/mol. The molecule has 0 spiro atoms. The first kappa shape index (κ1) is 14.1. The molecule has 5 heteroatoms. The van der Waals surface area contributed by atoms with Gasteiger partial charge in [-0.1, -0.05) is 19.8 Å². The van der Waals surface area contributed by atoms with Gasteiger partial charge >= 0.3 is 0 Å². The van der Waals surface area contributed by atoms with Crippen molar-refractivity contribution in [2.45, 2.75) is 26.2 Å². The van der Waals surface area contributed by atoms with Gasteiger partial charge in [-0.05, 0) is 6.42 Å². The van der Waals surface area contributed by atoms with Crippen LogP contribution < -0.4 is 0 Å². The zero-order valence-electron chi connectivity index (χ0n) is 6.50. The molecule has 0 aromatic rings. The van der Waals surface area contributed by atoms with Gasteiger partial charge in [0.2, 0.25) is 0 Å². The van der Waals surface area contributed by atoms with Crippen molar-refractivity contribution in [2.24, 2.45) is 0 Å². The molecule has 0 bridgehead atoms. The van der Waals surface area contributed by atoms with Crippen molar-refractivity contribution in [3.8, 4) is 0 Å². The molecular weight excluding hydrogens is 363 g/mol. The van der Waals surface area contributed by atoms with E-state index in [0.717, 1.165) is 12.8 Å². The van der Waals surface area contributed by atoms with Gasteiger partial charge in [0.25, 0.3) is 10.1 Å². The summed E-state index contributed by atoms with van der Waals surface area (Å²) >= 11 is 0. The third-order valence-corrected chi connectivity index (χ3v) is 1.81. The molecule has 1 radical (unpaired) electrons. The summed E-state index contributed by atoms with van der Waals surface area (Å²) in [6, 6.07) is 0. The second-order valence-corrected chi connectivity index (χ2v) is 3.57. The van der Waals surface area contributed by atoms with Crippen molar-refractivity contribution < 1.29 is 62.8 Å². The summed E-state index contributed by atoms with van der Waals surface area (Å²) in [7, 11) is -3.70. The van der Waals surface area contributed by atoms with Crippen molar-refractivity contribution in [3.63, 3.8) is 0 Å². The molecule has 0 aromatic heterocycles. The van der Waals surface area contributed by atoms with Gasteiger partial charge in [-0.2, -0.15) is 8.42 Å². The van der Waals surface area contributed by atoms with Gasteiger partial charge in [0.1, 0.15) is 0 Å². The van der Waals surface area contributed by atoms with E-state index in [9.17, 15) is 8.42 Å². The molecule has 0 heterocycles. The molecule has 0 aliphatic rings. The van der Waals surface area contributed by atoms with Gasteiger partial charge in [0, 0.05) is 49.9 Å². The fraction of sp³-hybridized carbons (Fsp3) is 1.00. The molecule has 0 amide bonds. The standard InChI is InChI=1S/C5H12O3S.Fr/c1-2-3-4-5-9(6,7)8;/h2-5H2,1H3,(H,6,7,8);. The molecule has 1 N–H and O–H groups in total. The van der Waals surface area contributed by atoms with E-state index < -0.39 is 10.1 Å². The Morgan fingerprint density at radius 2 is 1.80 bits per heavy atom. The molecule has 0 aliphatic heterocycles. The molecule has 0 saturated carbocycles. The third kappa shape index (κ3) is 12.2. The minimum Gasteiger partial charge on any atom is -0.286 e. The van der Waals surface area contributed by atoms with E-state index in [2.05, 4.69) is 0 Å². The summed E-state index contributed by atoms with van der Waals surface area (Å²) in [6.07, 6.45) is 2.39. The van der Waals surface area contributed by atoms with Crippen LogP contribution in [0.25, 0.3) is 0 Å². The van der Waals surface area contributed by atoms with Crippen LogP contribution in [0.3, 0.4) is 0 Å². The van der Waals surface area contributed by atoms with Crippen LogP contribution in [0.2, 0.25) is 0 Å². The Labute approximate surface area is 103 Å². The molecule has 0 aromatic carbocycles. The Bertz CT molecular complexity index is 152. The van der Waals surface area contributed by atoms with Crippen molar-refractivity contribution in [3.05, 3.63) is 0 Å². The van der Waals surface area contributed by atoms with Crippen LogP contribution in [0, 0.1) is 49.9 Å². The molecule has 0 unspecified atom stereocenters.